The molecule has 2 rings (SSSR count). The Morgan fingerprint density at radius 3 is 2.43 bits per heavy atom. The maximum Gasteiger partial charge on any atom is 0.416 e. The number of nitrogens with two attached hydrogens (primary N) is 1. The molecule has 21 heavy (non-hydrogen) atoms. The van der Waals surface area contributed by atoms with Crippen molar-refractivity contribution >= 4 is 15.9 Å². The molecule has 0 aromatic heterocycles. The van der Waals surface area contributed by atoms with Crippen LogP contribution in [0.4, 0.5) is 13.2 Å². The molecule has 0 fully saturated rings. The molecule has 0 saturated carbocycles. The maximum atomic E-state index is 13.0. The van der Waals surface area contributed by atoms with Crippen molar-refractivity contribution in [2.45, 2.75) is 19.6 Å². The van der Waals surface area contributed by atoms with Gasteiger partial charge in [-0.25, -0.2) is 0 Å². The van der Waals surface area contributed by atoms with Gasteiger partial charge >= 0.3 is 6.18 Å². The van der Waals surface area contributed by atoms with Crippen LogP contribution in [0.3, 0.4) is 0 Å². The van der Waals surface area contributed by atoms with Gasteiger partial charge in [-0.05, 0) is 58.2 Å². The molecule has 0 unspecified atom stereocenters. The molecule has 0 radical (unpaired) electrons. The Morgan fingerprint density at radius 2 is 1.86 bits per heavy atom. The van der Waals surface area contributed by atoms with E-state index < -0.39 is 11.7 Å². The molecule has 6 heteroatoms. The van der Waals surface area contributed by atoms with Gasteiger partial charge in [-0.2, -0.15) is 13.2 Å². The SMILES string of the molecule is Cc1ccc(Oc2ccc(CN)c(C(F)(F)F)c2)c(Br)c1. The van der Waals surface area contributed by atoms with Crippen molar-refractivity contribution in [3.05, 3.63) is 57.6 Å². The lowest BCUT2D eigenvalue weighted by molar-refractivity contribution is -0.138. The van der Waals surface area contributed by atoms with E-state index in [4.69, 9.17) is 10.5 Å². The van der Waals surface area contributed by atoms with Crippen molar-refractivity contribution in [3.8, 4) is 11.5 Å². The fourth-order valence-electron chi connectivity index (χ4n) is 1.88. The van der Waals surface area contributed by atoms with Crippen molar-refractivity contribution in [2.24, 2.45) is 5.73 Å². The van der Waals surface area contributed by atoms with Crippen LogP contribution < -0.4 is 10.5 Å². The third-order valence-electron chi connectivity index (χ3n) is 2.92. The quantitative estimate of drug-likeness (QED) is 0.834. The molecule has 2 nitrogen and oxygen atoms in total. The molecule has 2 N–H and O–H groups in total. The molecule has 0 aliphatic rings. The van der Waals surface area contributed by atoms with Crippen LogP contribution in [0.15, 0.2) is 40.9 Å². The molecule has 0 spiro atoms. The Kier molecular flexibility index (Phi) is 4.58. The van der Waals surface area contributed by atoms with E-state index >= 15 is 0 Å². The molecule has 0 amide bonds. The minimum absolute atomic E-state index is 0.0396. The van der Waals surface area contributed by atoms with E-state index in [1.807, 2.05) is 19.1 Å². The van der Waals surface area contributed by atoms with Crippen molar-refractivity contribution in [2.75, 3.05) is 0 Å². The van der Waals surface area contributed by atoms with Crippen molar-refractivity contribution < 1.29 is 17.9 Å². The zero-order valence-electron chi connectivity index (χ0n) is 11.2. The van der Waals surface area contributed by atoms with Crippen LogP contribution in [0.1, 0.15) is 16.7 Å². The number of aryl methyl sites for hydroxylation is 1. The molecule has 2 aromatic rings. The monoisotopic (exact) mass is 359 g/mol. The lowest BCUT2D eigenvalue weighted by Gasteiger charge is -2.14. The van der Waals surface area contributed by atoms with Crippen LogP contribution in [-0.2, 0) is 12.7 Å². The molecule has 0 aliphatic carbocycles. The molecule has 0 saturated heterocycles. The predicted octanol–water partition coefficient (Wildman–Crippen LogP) is 5.03. The van der Waals surface area contributed by atoms with Gasteiger partial charge in [0.1, 0.15) is 11.5 Å². The topological polar surface area (TPSA) is 35.2 Å². The highest BCUT2D eigenvalue weighted by Crippen LogP contribution is 2.36. The van der Waals surface area contributed by atoms with Gasteiger partial charge in [-0.1, -0.05) is 12.1 Å². The lowest BCUT2D eigenvalue weighted by Crippen LogP contribution is -2.12. The third kappa shape index (κ3) is 3.77. The molecular weight excluding hydrogens is 347 g/mol. The molecule has 0 aliphatic heterocycles. The second kappa shape index (κ2) is 6.07. The summed E-state index contributed by atoms with van der Waals surface area (Å²) >= 11 is 3.32. The van der Waals surface area contributed by atoms with Crippen molar-refractivity contribution in [1.29, 1.82) is 0 Å². The summed E-state index contributed by atoms with van der Waals surface area (Å²) in [6.07, 6.45) is -4.46. The second-order valence-electron chi connectivity index (χ2n) is 4.56. The number of hydrogen-bond donors (Lipinski definition) is 1. The first-order chi connectivity index (χ1) is 9.81. The summed E-state index contributed by atoms with van der Waals surface area (Å²) in [7, 11) is 0. The molecule has 112 valence electrons. The van der Waals surface area contributed by atoms with E-state index in [0.29, 0.717) is 10.2 Å². The number of alkyl halides is 3. The van der Waals surface area contributed by atoms with Crippen LogP contribution in [-0.4, -0.2) is 0 Å². The van der Waals surface area contributed by atoms with Gasteiger partial charge in [0.05, 0.1) is 10.0 Å². The Balaban J connectivity index is 2.37. The highest BCUT2D eigenvalue weighted by molar-refractivity contribution is 9.10. The van der Waals surface area contributed by atoms with E-state index in [-0.39, 0.29) is 17.9 Å². The summed E-state index contributed by atoms with van der Waals surface area (Å²) in [5.41, 5.74) is 5.63. The number of benzene rings is 2. The van der Waals surface area contributed by atoms with Crippen LogP contribution in [0, 0.1) is 6.92 Å². The molecule has 2 aromatic carbocycles. The maximum absolute atomic E-state index is 13.0. The smallest absolute Gasteiger partial charge is 0.416 e. The fourth-order valence-corrected chi connectivity index (χ4v) is 2.45. The van der Waals surface area contributed by atoms with E-state index in [1.54, 1.807) is 6.07 Å². The molecular formula is C15H13BrF3NO. The fraction of sp³-hybridized carbons (Fsp3) is 0.200. The molecule has 0 atom stereocenters. The van der Waals surface area contributed by atoms with Crippen molar-refractivity contribution in [1.82, 2.24) is 0 Å². The van der Waals surface area contributed by atoms with Crippen molar-refractivity contribution in [3.63, 3.8) is 0 Å². The minimum Gasteiger partial charge on any atom is -0.456 e. The number of ether oxygens (including phenoxy) is 1. The van der Waals surface area contributed by atoms with E-state index in [1.165, 1.54) is 12.1 Å². The lowest BCUT2D eigenvalue weighted by atomic mass is 10.1. The van der Waals surface area contributed by atoms with Gasteiger partial charge < -0.3 is 10.5 Å². The van der Waals surface area contributed by atoms with Gasteiger partial charge in [0.15, 0.2) is 0 Å². The predicted molar refractivity (Wildman–Crippen MR) is 78.3 cm³/mol. The zero-order chi connectivity index (χ0) is 15.6. The van der Waals surface area contributed by atoms with Gasteiger partial charge in [0, 0.05) is 6.54 Å². The van der Waals surface area contributed by atoms with Crippen LogP contribution >= 0.6 is 15.9 Å². The first-order valence-corrected chi connectivity index (χ1v) is 6.95. The first kappa shape index (κ1) is 15.9. The number of rotatable bonds is 3. The number of halogens is 4. The van der Waals surface area contributed by atoms with Crippen LogP contribution in [0.5, 0.6) is 11.5 Å². The average molecular weight is 360 g/mol. The average Bonchev–Trinajstić information content (AvgIpc) is 2.41. The summed E-state index contributed by atoms with van der Waals surface area (Å²) in [5, 5.41) is 0. The summed E-state index contributed by atoms with van der Waals surface area (Å²) in [5.74, 6) is 0.568. The van der Waals surface area contributed by atoms with Crippen LogP contribution in [0.2, 0.25) is 0 Å². The highest BCUT2D eigenvalue weighted by atomic mass is 79.9. The normalized spacial score (nSPS) is 11.5. The van der Waals surface area contributed by atoms with Gasteiger partial charge in [0.2, 0.25) is 0 Å². The summed E-state index contributed by atoms with van der Waals surface area (Å²) in [6, 6.07) is 9.12. The summed E-state index contributed by atoms with van der Waals surface area (Å²) in [4.78, 5) is 0. The van der Waals surface area contributed by atoms with Crippen LogP contribution in [0.25, 0.3) is 0 Å². The molecule has 0 bridgehead atoms. The van der Waals surface area contributed by atoms with E-state index in [2.05, 4.69) is 15.9 Å². The minimum atomic E-state index is -4.46. The standard InChI is InChI=1S/C15H13BrF3NO/c1-9-2-5-14(13(16)6-9)21-11-4-3-10(8-20)12(7-11)15(17,18)19/h2-7H,8,20H2,1H3. The molecule has 0 heterocycles. The zero-order valence-corrected chi connectivity index (χ0v) is 12.8. The second-order valence-corrected chi connectivity index (χ2v) is 5.41. The van der Waals surface area contributed by atoms with Gasteiger partial charge in [0.25, 0.3) is 0 Å². The highest BCUT2D eigenvalue weighted by Gasteiger charge is 2.33. The number of hydrogen-bond acceptors (Lipinski definition) is 2. The Morgan fingerprint density at radius 1 is 1.14 bits per heavy atom. The summed E-state index contributed by atoms with van der Waals surface area (Å²) < 4.78 is 45.1. The first-order valence-electron chi connectivity index (χ1n) is 6.15. The Hall–Kier alpha value is -1.53. The Labute approximate surface area is 128 Å². The van der Waals surface area contributed by atoms with Gasteiger partial charge in [-0.15, -0.1) is 0 Å². The van der Waals surface area contributed by atoms with E-state index in [0.717, 1.165) is 11.6 Å². The third-order valence-corrected chi connectivity index (χ3v) is 3.54. The van der Waals surface area contributed by atoms with Gasteiger partial charge in [-0.3, -0.25) is 0 Å². The Bertz CT molecular complexity index is 656. The summed E-state index contributed by atoms with van der Waals surface area (Å²) in [6.45, 7) is 1.73. The largest absolute Gasteiger partial charge is 0.456 e. The van der Waals surface area contributed by atoms with E-state index in [9.17, 15) is 13.2 Å².